The van der Waals surface area contributed by atoms with E-state index < -0.39 is 10.0 Å². The van der Waals surface area contributed by atoms with Gasteiger partial charge >= 0.3 is 0 Å². The number of hydrogen-bond donors (Lipinski definition) is 2. The van der Waals surface area contributed by atoms with E-state index >= 15 is 0 Å². The number of sulfonamides is 1. The third-order valence-corrected chi connectivity index (χ3v) is 5.56. The molecule has 0 unspecified atom stereocenters. The van der Waals surface area contributed by atoms with Crippen molar-refractivity contribution in [1.29, 1.82) is 0 Å². The summed E-state index contributed by atoms with van der Waals surface area (Å²) in [6, 6.07) is 5.69. The van der Waals surface area contributed by atoms with Gasteiger partial charge in [-0.15, -0.1) is 10.2 Å². The molecule has 10 heteroatoms. The number of hydrogen-bond acceptors (Lipinski definition) is 6. The molecule has 2 aromatic rings. The van der Waals surface area contributed by atoms with Crippen LogP contribution in [-0.4, -0.2) is 34.8 Å². The van der Waals surface area contributed by atoms with Crippen LogP contribution in [0.5, 0.6) is 0 Å². The van der Waals surface area contributed by atoms with Crippen LogP contribution >= 0.6 is 11.8 Å². The molecule has 1 aromatic heterocycles. The number of carbonyl (C=O) groups excluding carboxylic acids is 1. The first-order valence-electron chi connectivity index (χ1n) is 7.29. The first-order chi connectivity index (χ1) is 11.3. The predicted octanol–water partition coefficient (Wildman–Crippen LogP) is 1.07. The summed E-state index contributed by atoms with van der Waals surface area (Å²) in [5.41, 5.74) is 0.504. The van der Waals surface area contributed by atoms with Gasteiger partial charge in [-0.2, -0.15) is 0 Å². The Morgan fingerprint density at radius 3 is 2.58 bits per heavy atom. The SMILES string of the molecule is Cn1c(SCC(=O)Nc2ccc(S(N)(=O)=O)cc2)nnc1C1CC1. The average Bonchev–Trinajstić information content (AvgIpc) is 3.29. The summed E-state index contributed by atoms with van der Waals surface area (Å²) in [7, 11) is -1.83. The van der Waals surface area contributed by atoms with Gasteiger partial charge in [0.25, 0.3) is 0 Å². The van der Waals surface area contributed by atoms with E-state index in [1.165, 1.54) is 36.0 Å². The Bertz CT molecular complexity index is 857. The van der Waals surface area contributed by atoms with Crippen LogP contribution < -0.4 is 10.5 Å². The van der Waals surface area contributed by atoms with Crippen molar-refractivity contribution in [2.45, 2.75) is 28.8 Å². The van der Waals surface area contributed by atoms with Crippen LogP contribution in [-0.2, 0) is 21.9 Å². The summed E-state index contributed by atoms with van der Waals surface area (Å²) in [5, 5.41) is 16.7. The standard InChI is InChI=1S/C14H17N5O3S2/c1-19-13(9-2-3-9)17-18-14(19)23-8-12(20)16-10-4-6-11(7-5-10)24(15,21)22/h4-7,9H,2-3,8H2,1H3,(H,16,20)(H2,15,21,22). The summed E-state index contributed by atoms with van der Waals surface area (Å²) in [4.78, 5) is 12.0. The minimum Gasteiger partial charge on any atom is -0.325 e. The number of nitrogens with zero attached hydrogens (tertiary/aromatic N) is 3. The molecule has 0 saturated heterocycles. The van der Waals surface area contributed by atoms with Crippen LogP contribution in [0.2, 0.25) is 0 Å². The Balaban J connectivity index is 1.56. The number of primary sulfonamides is 1. The van der Waals surface area contributed by atoms with E-state index in [1.54, 1.807) is 0 Å². The van der Waals surface area contributed by atoms with Crippen molar-refractivity contribution in [3.63, 3.8) is 0 Å². The Morgan fingerprint density at radius 2 is 2.00 bits per heavy atom. The molecule has 3 N–H and O–H groups in total. The van der Waals surface area contributed by atoms with Crippen LogP contribution in [0.1, 0.15) is 24.6 Å². The lowest BCUT2D eigenvalue weighted by Crippen LogP contribution is -2.15. The maximum atomic E-state index is 12.0. The highest BCUT2D eigenvalue weighted by Crippen LogP contribution is 2.39. The minimum atomic E-state index is -3.73. The molecule has 128 valence electrons. The van der Waals surface area contributed by atoms with Crippen molar-refractivity contribution in [2.75, 3.05) is 11.1 Å². The molecule has 0 bridgehead atoms. The molecule has 8 nitrogen and oxygen atoms in total. The van der Waals surface area contributed by atoms with Gasteiger partial charge in [-0.1, -0.05) is 11.8 Å². The number of nitrogens with two attached hydrogens (primary N) is 1. The summed E-state index contributed by atoms with van der Waals surface area (Å²) >= 11 is 1.31. The Morgan fingerprint density at radius 1 is 1.33 bits per heavy atom. The zero-order valence-corrected chi connectivity index (χ0v) is 14.6. The van der Waals surface area contributed by atoms with Crippen LogP contribution in [0, 0.1) is 0 Å². The molecule has 1 aliphatic carbocycles. The van der Waals surface area contributed by atoms with E-state index in [0.717, 1.165) is 18.7 Å². The molecule has 0 aliphatic heterocycles. The van der Waals surface area contributed by atoms with E-state index in [1.807, 2.05) is 11.6 Å². The zero-order chi connectivity index (χ0) is 17.3. The maximum absolute atomic E-state index is 12.0. The topological polar surface area (TPSA) is 120 Å². The average molecular weight is 367 g/mol. The van der Waals surface area contributed by atoms with Crippen molar-refractivity contribution in [2.24, 2.45) is 12.2 Å². The number of carbonyl (C=O) groups is 1. The summed E-state index contributed by atoms with van der Waals surface area (Å²) < 4.78 is 24.3. The zero-order valence-electron chi connectivity index (χ0n) is 13.0. The molecule has 0 spiro atoms. The highest BCUT2D eigenvalue weighted by molar-refractivity contribution is 7.99. The molecule has 0 atom stereocenters. The van der Waals surface area contributed by atoms with Crippen molar-refractivity contribution in [1.82, 2.24) is 14.8 Å². The first-order valence-corrected chi connectivity index (χ1v) is 9.82. The van der Waals surface area contributed by atoms with Gasteiger partial charge in [0.1, 0.15) is 5.82 Å². The molecule has 1 saturated carbocycles. The summed E-state index contributed by atoms with van der Waals surface area (Å²) in [6.07, 6.45) is 2.29. The van der Waals surface area contributed by atoms with Crippen molar-refractivity contribution in [3.8, 4) is 0 Å². The summed E-state index contributed by atoms with van der Waals surface area (Å²) in [5.74, 6) is 1.45. The fourth-order valence-electron chi connectivity index (χ4n) is 2.20. The van der Waals surface area contributed by atoms with Gasteiger partial charge in [-0.3, -0.25) is 4.79 Å². The normalized spacial score (nSPS) is 14.6. The number of benzene rings is 1. The Labute approximate surface area is 143 Å². The first kappa shape index (κ1) is 16.9. The largest absolute Gasteiger partial charge is 0.325 e. The number of aromatic nitrogens is 3. The molecule has 24 heavy (non-hydrogen) atoms. The van der Waals surface area contributed by atoms with Crippen LogP contribution in [0.3, 0.4) is 0 Å². The molecule has 3 rings (SSSR count). The Kier molecular flexibility index (Phi) is 4.61. The van der Waals surface area contributed by atoms with Crippen LogP contribution in [0.4, 0.5) is 5.69 Å². The van der Waals surface area contributed by atoms with E-state index in [0.29, 0.717) is 16.8 Å². The quantitative estimate of drug-likeness (QED) is 0.737. The number of nitrogens with one attached hydrogen (secondary N) is 1. The highest BCUT2D eigenvalue weighted by atomic mass is 32.2. The lowest BCUT2D eigenvalue weighted by molar-refractivity contribution is -0.113. The molecule has 1 heterocycles. The lowest BCUT2D eigenvalue weighted by atomic mass is 10.3. The van der Waals surface area contributed by atoms with E-state index in [2.05, 4.69) is 15.5 Å². The van der Waals surface area contributed by atoms with Gasteiger partial charge in [-0.25, -0.2) is 13.6 Å². The van der Waals surface area contributed by atoms with Gasteiger partial charge in [0.15, 0.2) is 5.16 Å². The van der Waals surface area contributed by atoms with Gasteiger partial charge in [0, 0.05) is 18.7 Å². The molecular formula is C14H17N5O3S2. The number of amides is 1. The third kappa shape index (κ3) is 3.94. The molecule has 1 aromatic carbocycles. The van der Waals surface area contributed by atoms with E-state index in [-0.39, 0.29) is 16.6 Å². The smallest absolute Gasteiger partial charge is 0.238 e. The highest BCUT2D eigenvalue weighted by Gasteiger charge is 2.29. The molecule has 1 amide bonds. The monoisotopic (exact) mass is 367 g/mol. The molecule has 0 radical (unpaired) electrons. The van der Waals surface area contributed by atoms with Crippen LogP contribution in [0.15, 0.2) is 34.3 Å². The van der Waals surface area contributed by atoms with Gasteiger partial charge in [0.05, 0.1) is 10.6 Å². The number of rotatable bonds is 6. The number of thioether (sulfide) groups is 1. The fourth-order valence-corrected chi connectivity index (χ4v) is 3.44. The molecule has 1 fully saturated rings. The molecular weight excluding hydrogens is 350 g/mol. The minimum absolute atomic E-state index is 0.00145. The number of anilines is 1. The maximum Gasteiger partial charge on any atom is 0.238 e. The van der Waals surface area contributed by atoms with Crippen molar-refractivity contribution >= 4 is 33.4 Å². The van der Waals surface area contributed by atoms with Gasteiger partial charge < -0.3 is 9.88 Å². The van der Waals surface area contributed by atoms with Crippen molar-refractivity contribution < 1.29 is 13.2 Å². The summed E-state index contributed by atoms with van der Waals surface area (Å²) in [6.45, 7) is 0. The van der Waals surface area contributed by atoms with E-state index in [4.69, 9.17) is 5.14 Å². The Hall–Kier alpha value is -1.91. The van der Waals surface area contributed by atoms with Gasteiger partial charge in [0.2, 0.25) is 15.9 Å². The van der Waals surface area contributed by atoms with Crippen LogP contribution in [0.25, 0.3) is 0 Å². The van der Waals surface area contributed by atoms with E-state index in [9.17, 15) is 13.2 Å². The molecule has 1 aliphatic rings. The fraction of sp³-hybridized carbons (Fsp3) is 0.357. The third-order valence-electron chi connectivity index (χ3n) is 3.61. The van der Waals surface area contributed by atoms with Crippen molar-refractivity contribution in [3.05, 3.63) is 30.1 Å². The van der Waals surface area contributed by atoms with Gasteiger partial charge in [-0.05, 0) is 37.1 Å². The second-order valence-electron chi connectivity index (χ2n) is 5.58. The lowest BCUT2D eigenvalue weighted by Gasteiger charge is -2.06. The second-order valence-corrected chi connectivity index (χ2v) is 8.08. The predicted molar refractivity (Wildman–Crippen MR) is 90.1 cm³/mol. The second kappa shape index (κ2) is 6.54.